The molecule has 178 valence electrons. The van der Waals surface area contributed by atoms with Crippen LogP contribution in [0.1, 0.15) is 5.69 Å². The van der Waals surface area contributed by atoms with E-state index in [-0.39, 0.29) is 0 Å². The summed E-state index contributed by atoms with van der Waals surface area (Å²) in [6.07, 6.45) is 1.76. The van der Waals surface area contributed by atoms with Gasteiger partial charge in [-0.2, -0.15) is 0 Å². The Balaban J connectivity index is 1.34. The van der Waals surface area contributed by atoms with Crippen LogP contribution >= 0.6 is 0 Å². The van der Waals surface area contributed by atoms with Gasteiger partial charge in [0.25, 0.3) is 0 Å². The molecule has 2 aromatic heterocycles. The van der Waals surface area contributed by atoms with Crippen molar-refractivity contribution in [2.75, 3.05) is 0 Å². The fourth-order valence-electron chi connectivity index (χ4n) is 4.23. The Bertz CT molecular complexity index is 1670. The molecular weight excluding hydrogens is 518 g/mol. The number of fused-ring (bicyclic) bond motifs is 2. The van der Waals surface area contributed by atoms with Gasteiger partial charge in [0.15, 0.2) is 0 Å². The van der Waals surface area contributed by atoms with Crippen LogP contribution in [0, 0.1) is 6.92 Å². The Hall–Kier alpha value is -4.26. The Labute approximate surface area is 221 Å². The van der Waals surface area contributed by atoms with Crippen LogP contribution < -0.4 is 10.6 Å². The monoisotopic (exact) mass is 540 g/mol. The summed E-state index contributed by atoms with van der Waals surface area (Å²) in [5.74, 6) is 2.00. The maximum atomic E-state index is 6.51. The van der Waals surface area contributed by atoms with Crippen molar-refractivity contribution in [1.82, 2.24) is 9.97 Å². The van der Waals surface area contributed by atoms with Gasteiger partial charge in [-0.05, 0) is 0 Å². The molecule has 0 spiro atoms. The number of pyridine rings is 2. The average molecular weight is 541 g/mol. The number of para-hydroxylation sites is 2. The molecule has 6 aromatic rings. The van der Waals surface area contributed by atoms with Crippen LogP contribution in [-0.4, -0.2) is 27.3 Å². The number of nitrogens with zero attached hydrogens (tertiary/aromatic N) is 2. The number of hydrogen-bond donors (Lipinski definition) is 0. The zero-order valence-corrected chi connectivity index (χ0v) is 22.7. The molecule has 4 aromatic carbocycles. The molecule has 5 nitrogen and oxygen atoms in total. The second-order valence-electron chi connectivity index (χ2n) is 8.64. The van der Waals surface area contributed by atoms with Gasteiger partial charge in [0.2, 0.25) is 0 Å². The molecular formula is C31H23GaN2O3. The van der Waals surface area contributed by atoms with E-state index in [2.05, 4.69) is 17.1 Å². The molecule has 37 heavy (non-hydrogen) atoms. The summed E-state index contributed by atoms with van der Waals surface area (Å²) in [5.41, 5.74) is 4.76. The second-order valence-corrected chi connectivity index (χ2v) is 11.3. The molecule has 0 aliphatic rings. The summed E-state index contributed by atoms with van der Waals surface area (Å²) in [7, 11) is 0. The van der Waals surface area contributed by atoms with Gasteiger partial charge in [0.1, 0.15) is 0 Å². The summed E-state index contributed by atoms with van der Waals surface area (Å²) in [5, 5.41) is 2.00. The number of aromatic nitrogens is 2. The minimum atomic E-state index is -3.42. The molecule has 0 bridgehead atoms. The quantitative estimate of drug-likeness (QED) is 0.199. The van der Waals surface area contributed by atoms with E-state index in [4.69, 9.17) is 15.6 Å². The van der Waals surface area contributed by atoms with E-state index in [1.54, 1.807) is 6.20 Å². The summed E-state index contributed by atoms with van der Waals surface area (Å²) < 4.78 is 19.4. The molecule has 6 heteroatoms. The zero-order chi connectivity index (χ0) is 25.0. The summed E-state index contributed by atoms with van der Waals surface area (Å²) in [4.78, 5) is 9.26. The van der Waals surface area contributed by atoms with Crippen LogP contribution in [0.5, 0.6) is 17.2 Å². The Morgan fingerprint density at radius 3 is 1.95 bits per heavy atom. The first-order valence-electron chi connectivity index (χ1n) is 12.1. The molecule has 6 rings (SSSR count). The molecule has 0 unspecified atom stereocenters. The van der Waals surface area contributed by atoms with Gasteiger partial charge >= 0.3 is 222 Å². The van der Waals surface area contributed by atoms with Crippen LogP contribution in [-0.2, 0) is 0 Å². The van der Waals surface area contributed by atoms with Gasteiger partial charge < -0.3 is 0 Å². The van der Waals surface area contributed by atoms with E-state index < -0.39 is 17.3 Å². The van der Waals surface area contributed by atoms with Crippen molar-refractivity contribution >= 4 is 39.1 Å². The molecule has 0 saturated carbocycles. The van der Waals surface area contributed by atoms with Gasteiger partial charge in [0, 0.05) is 0 Å². The second kappa shape index (κ2) is 10.4. The summed E-state index contributed by atoms with van der Waals surface area (Å²) >= 11 is -3.42. The van der Waals surface area contributed by atoms with Gasteiger partial charge in [-0.3, -0.25) is 0 Å². The maximum absolute atomic E-state index is 6.51. The van der Waals surface area contributed by atoms with Crippen molar-refractivity contribution < 1.29 is 10.6 Å². The van der Waals surface area contributed by atoms with Crippen LogP contribution in [0.2, 0.25) is 0 Å². The van der Waals surface area contributed by atoms with E-state index in [1.165, 1.54) is 0 Å². The van der Waals surface area contributed by atoms with Gasteiger partial charge in [-0.25, -0.2) is 0 Å². The van der Waals surface area contributed by atoms with Crippen LogP contribution in [0.25, 0.3) is 32.9 Å². The summed E-state index contributed by atoms with van der Waals surface area (Å²) in [6, 6.07) is 38.0. The molecule has 0 amide bonds. The Morgan fingerprint density at radius 1 is 0.541 bits per heavy atom. The van der Waals surface area contributed by atoms with Crippen LogP contribution in [0.4, 0.5) is 0 Å². The van der Waals surface area contributed by atoms with Crippen molar-refractivity contribution in [1.29, 1.82) is 0 Å². The third-order valence-electron chi connectivity index (χ3n) is 6.06. The van der Waals surface area contributed by atoms with Gasteiger partial charge in [-0.15, -0.1) is 0 Å². The molecule has 0 aliphatic heterocycles. The van der Waals surface area contributed by atoms with Gasteiger partial charge in [-0.1, -0.05) is 0 Å². The van der Waals surface area contributed by atoms with Crippen molar-refractivity contribution in [3.05, 3.63) is 127 Å². The number of hydrogen-bond acceptors (Lipinski definition) is 5. The molecule has 0 aliphatic carbocycles. The molecule has 2 heterocycles. The molecule has 0 atom stereocenters. The summed E-state index contributed by atoms with van der Waals surface area (Å²) in [6.45, 7) is 1.97. The van der Waals surface area contributed by atoms with Gasteiger partial charge in [0.05, 0.1) is 0 Å². The van der Waals surface area contributed by atoms with E-state index in [0.29, 0.717) is 17.2 Å². The van der Waals surface area contributed by atoms with E-state index in [1.807, 2.05) is 110 Å². The Kier molecular flexibility index (Phi) is 6.50. The fraction of sp³-hybridized carbons (Fsp3) is 0.0323. The molecule has 0 saturated heterocycles. The topological polar surface area (TPSA) is 53.5 Å². The molecule has 0 radical (unpaired) electrons. The first kappa shape index (κ1) is 23.2. The van der Waals surface area contributed by atoms with E-state index in [9.17, 15) is 0 Å². The van der Waals surface area contributed by atoms with Crippen molar-refractivity contribution in [3.8, 4) is 28.4 Å². The van der Waals surface area contributed by atoms with Crippen molar-refractivity contribution in [2.24, 2.45) is 0 Å². The van der Waals surface area contributed by atoms with E-state index in [0.717, 1.165) is 38.6 Å². The predicted octanol–water partition coefficient (Wildman–Crippen LogP) is 7.28. The first-order chi connectivity index (χ1) is 18.2. The molecule has 0 N–H and O–H groups in total. The average Bonchev–Trinajstić information content (AvgIpc) is 2.94. The van der Waals surface area contributed by atoms with E-state index >= 15 is 0 Å². The normalized spacial score (nSPS) is 10.8. The standard InChI is InChI=1S/C12H10O.C10H9NO.C9H7NO.Ga/c13-12-8-6-11(7-9-12)10-4-2-1-3-5-10;1-7-5-6-8-3-2-4-9(12)10(8)11-7;11-8-5-1-3-7-4-2-6-10-9(7)8;/h1-9,13H;2-6,12H,1H3;1-6,11H;/q;;;+3/p-3. The van der Waals surface area contributed by atoms with Crippen LogP contribution in [0.3, 0.4) is 0 Å². The third kappa shape index (κ3) is 5.16. The Morgan fingerprint density at radius 2 is 1.19 bits per heavy atom. The molecule has 0 fully saturated rings. The zero-order valence-electron chi connectivity index (χ0n) is 20.2. The SMILES string of the molecule is Cc1ccc2cccc([O][Ga]([O]c3ccc(-c4ccccc4)cc3)[O]c3cccc4cccnc34)c2n1. The number of rotatable bonds is 7. The van der Waals surface area contributed by atoms with Crippen LogP contribution in [0.15, 0.2) is 121 Å². The number of aryl methyl sites for hydroxylation is 1. The predicted molar refractivity (Wildman–Crippen MR) is 148 cm³/mol. The van der Waals surface area contributed by atoms with Crippen molar-refractivity contribution in [2.45, 2.75) is 6.92 Å². The minimum absolute atomic E-state index is 0.647. The first-order valence-corrected chi connectivity index (χ1v) is 15.1. The van der Waals surface area contributed by atoms with Crippen molar-refractivity contribution in [3.63, 3.8) is 0 Å². The number of benzene rings is 4. The fourth-order valence-corrected chi connectivity index (χ4v) is 7.00. The third-order valence-corrected chi connectivity index (χ3v) is 8.91.